The lowest BCUT2D eigenvalue weighted by Crippen LogP contribution is -2.18. The van der Waals surface area contributed by atoms with E-state index in [0.717, 1.165) is 11.3 Å². The minimum Gasteiger partial charge on any atom is -0.496 e. The van der Waals surface area contributed by atoms with Crippen molar-refractivity contribution in [3.8, 4) is 5.75 Å². The van der Waals surface area contributed by atoms with Gasteiger partial charge in [0, 0.05) is 6.42 Å². The smallest absolute Gasteiger partial charge is 0.122 e. The van der Waals surface area contributed by atoms with Crippen LogP contribution in [0.2, 0.25) is 0 Å². The molecule has 0 saturated heterocycles. The zero-order valence-electron chi connectivity index (χ0n) is 9.95. The van der Waals surface area contributed by atoms with E-state index in [1.165, 1.54) is 5.56 Å². The van der Waals surface area contributed by atoms with Crippen molar-refractivity contribution in [3.05, 3.63) is 29.3 Å². The van der Waals surface area contributed by atoms with Crippen molar-refractivity contribution in [2.45, 2.75) is 33.3 Å². The zero-order chi connectivity index (χ0) is 11.4. The quantitative estimate of drug-likeness (QED) is 0.824. The summed E-state index contributed by atoms with van der Waals surface area (Å²) in [5.74, 6) is 1.13. The van der Waals surface area contributed by atoms with Gasteiger partial charge in [0.05, 0.1) is 13.2 Å². The van der Waals surface area contributed by atoms with E-state index in [0.29, 0.717) is 6.42 Å². The number of benzene rings is 1. The van der Waals surface area contributed by atoms with Gasteiger partial charge in [0.25, 0.3) is 0 Å². The SMILES string of the molecule is COc1ccc(C)cc1CC(O)C(C)C. The standard InChI is InChI=1S/C13H20O2/c1-9(2)12(14)8-11-7-10(3)5-6-13(11)15-4/h5-7,9,12,14H,8H2,1-4H3. The highest BCUT2D eigenvalue weighted by atomic mass is 16.5. The first-order chi connectivity index (χ1) is 7.04. The van der Waals surface area contributed by atoms with Crippen molar-refractivity contribution in [1.29, 1.82) is 0 Å². The van der Waals surface area contributed by atoms with Crippen LogP contribution in [0.5, 0.6) is 5.75 Å². The van der Waals surface area contributed by atoms with Gasteiger partial charge >= 0.3 is 0 Å². The largest absolute Gasteiger partial charge is 0.496 e. The van der Waals surface area contributed by atoms with Gasteiger partial charge in [0.15, 0.2) is 0 Å². The topological polar surface area (TPSA) is 29.5 Å². The number of hydrogen-bond donors (Lipinski definition) is 1. The highest BCUT2D eigenvalue weighted by Crippen LogP contribution is 2.22. The Labute approximate surface area is 91.9 Å². The normalized spacial score (nSPS) is 12.9. The Kier molecular flexibility index (Phi) is 4.15. The van der Waals surface area contributed by atoms with Gasteiger partial charge in [0.1, 0.15) is 5.75 Å². The second-order valence-corrected chi connectivity index (χ2v) is 4.33. The molecule has 0 saturated carbocycles. The number of aliphatic hydroxyl groups excluding tert-OH is 1. The monoisotopic (exact) mass is 208 g/mol. The Hall–Kier alpha value is -1.02. The lowest BCUT2D eigenvalue weighted by atomic mass is 9.97. The summed E-state index contributed by atoms with van der Waals surface area (Å²) in [6, 6.07) is 6.05. The van der Waals surface area contributed by atoms with Crippen LogP contribution in [-0.4, -0.2) is 18.3 Å². The average molecular weight is 208 g/mol. The Balaban J connectivity index is 2.87. The van der Waals surface area contributed by atoms with Crippen LogP contribution in [0.25, 0.3) is 0 Å². The van der Waals surface area contributed by atoms with Crippen LogP contribution in [-0.2, 0) is 6.42 Å². The lowest BCUT2D eigenvalue weighted by molar-refractivity contribution is 0.125. The molecular formula is C13H20O2. The van der Waals surface area contributed by atoms with Gasteiger partial charge < -0.3 is 9.84 Å². The van der Waals surface area contributed by atoms with Crippen LogP contribution >= 0.6 is 0 Å². The van der Waals surface area contributed by atoms with Crippen molar-refractivity contribution in [3.63, 3.8) is 0 Å². The molecule has 1 aromatic rings. The van der Waals surface area contributed by atoms with Crippen LogP contribution in [0.4, 0.5) is 0 Å². The molecule has 1 aromatic carbocycles. The number of ether oxygens (including phenoxy) is 1. The first-order valence-electron chi connectivity index (χ1n) is 5.36. The van der Waals surface area contributed by atoms with E-state index >= 15 is 0 Å². The molecule has 2 heteroatoms. The molecule has 0 spiro atoms. The maximum Gasteiger partial charge on any atom is 0.122 e. The van der Waals surface area contributed by atoms with Gasteiger partial charge in [0.2, 0.25) is 0 Å². The van der Waals surface area contributed by atoms with Crippen molar-refractivity contribution in [1.82, 2.24) is 0 Å². The van der Waals surface area contributed by atoms with Crippen LogP contribution in [0.3, 0.4) is 0 Å². The Bertz CT molecular complexity index is 318. The fourth-order valence-electron chi connectivity index (χ4n) is 1.53. The highest BCUT2D eigenvalue weighted by Gasteiger charge is 2.13. The molecule has 1 rings (SSSR count). The second kappa shape index (κ2) is 5.17. The van der Waals surface area contributed by atoms with Crippen LogP contribution < -0.4 is 4.74 Å². The van der Waals surface area contributed by atoms with Crippen LogP contribution in [0, 0.1) is 12.8 Å². The molecule has 1 unspecified atom stereocenters. The van der Waals surface area contributed by atoms with E-state index in [9.17, 15) is 5.11 Å². The van der Waals surface area contributed by atoms with Gasteiger partial charge in [-0.25, -0.2) is 0 Å². The summed E-state index contributed by atoms with van der Waals surface area (Å²) in [6.07, 6.45) is 0.350. The van der Waals surface area contributed by atoms with Gasteiger partial charge in [-0.3, -0.25) is 0 Å². The van der Waals surface area contributed by atoms with E-state index in [1.54, 1.807) is 7.11 Å². The summed E-state index contributed by atoms with van der Waals surface area (Å²) in [6.45, 7) is 6.09. The van der Waals surface area contributed by atoms with E-state index in [4.69, 9.17) is 4.74 Å². The molecule has 0 aliphatic heterocycles. The fourth-order valence-corrected chi connectivity index (χ4v) is 1.53. The summed E-state index contributed by atoms with van der Waals surface area (Å²) in [5, 5.41) is 9.84. The Morgan fingerprint density at radius 2 is 2.00 bits per heavy atom. The fraction of sp³-hybridized carbons (Fsp3) is 0.538. The molecule has 0 aliphatic carbocycles. The average Bonchev–Trinajstić information content (AvgIpc) is 2.18. The highest BCUT2D eigenvalue weighted by molar-refractivity contribution is 5.37. The van der Waals surface area contributed by atoms with Gasteiger partial charge in [-0.05, 0) is 24.5 Å². The van der Waals surface area contributed by atoms with Gasteiger partial charge in [-0.2, -0.15) is 0 Å². The Morgan fingerprint density at radius 1 is 1.33 bits per heavy atom. The number of hydrogen-bond acceptors (Lipinski definition) is 2. The minimum absolute atomic E-state index is 0.273. The summed E-state index contributed by atoms with van der Waals surface area (Å²) in [4.78, 5) is 0. The maximum atomic E-state index is 9.84. The van der Waals surface area contributed by atoms with Gasteiger partial charge in [-0.15, -0.1) is 0 Å². The molecule has 2 nitrogen and oxygen atoms in total. The molecule has 0 aromatic heterocycles. The third-order valence-corrected chi connectivity index (χ3v) is 2.63. The molecule has 0 amide bonds. The summed E-state index contributed by atoms with van der Waals surface area (Å²) < 4.78 is 5.27. The van der Waals surface area contributed by atoms with Crippen molar-refractivity contribution in [2.24, 2.45) is 5.92 Å². The summed E-state index contributed by atoms with van der Waals surface area (Å²) in [7, 11) is 1.66. The predicted molar refractivity (Wildman–Crippen MR) is 62.3 cm³/mol. The molecule has 1 N–H and O–H groups in total. The predicted octanol–water partition coefficient (Wildman–Crippen LogP) is 2.56. The zero-order valence-corrected chi connectivity index (χ0v) is 9.95. The van der Waals surface area contributed by atoms with Crippen molar-refractivity contribution < 1.29 is 9.84 Å². The maximum absolute atomic E-state index is 9.84. The summed E-state index contributed by atoms with van der Waals surface area (Å²) in [5.41, 5.74) is 2.28. The molecule has 84 valence electrons. The molecule has 15 heavy (non-hydrogen) atoms. The van der Waals surface area contributed by atoms with Crippen LogP contribution in [0.15, 0.2) is 18.2 Å². The van der Waals surface area contributed by atoms with E-state index in [-0.39, 0.29) is 12.0 Å². The number of methoxy groups -OCH3 is 1. The van der Waals surface area contributed by atoms with E-state index in [1.807, 2.05) is 32.9 Å². The molecule has 0 aliphatic rings. The number of aliphatic hydroxyl groups is 1. The third-order valence-electron chi connectivity index (χ3n) is 2.63. The second-order valence-electron chi connectivity index (χ2n) is 4.33. The van der Waals surface area contributed by atoms with E-state index < -0.39 is 0 Å². The van der Waals surface area contributed by atoms with Gasteiger partial charge in [-0.1, -0.05) is 31.5 Å². The number of rotatable bonds is 4. The van der Waals surface area contributed by atoms with E-state index in [2.05, 4.69) is 6.07 Å². The van der Waals surface area contributed by atoms with Crippen molar-refractivity contribution in [2.75, 3.05) is 7.11 Å². The number of aryl methyl sites for hydroxylation is 1. The minimum atomic E-state index is -0.305. The molecule has 0 radical (unpaired) electrons. The lowest BCUT2D eigenvalue weighted by Gasteiger charge is -2.16. The molecule has 0 bridgehead atoms. The first-order valence-corrected chi connectivity index (χ1v) is 5.36. The first kappa shape index (κ1) is 12.1. The summed E-state index contributed by atoms with van der Waals surface area (Å²) >= 11 is 0. The Morgan fingerprint density at radius 3 is 2.53 bits per heavy atom. The molecule has 1 atom stereocenters. The molecule has 0 fully saturated rings. The van der Waals surface area contributed by atoms with Crippen LogP contribution in [0.1, 0.15) is 25.0 Å². The third kappa shape index (κ3) is 3.24. The molecule has 0 heterocycles. The van der Waals surface area contributed by atoms with Crippen molar-refractivity contribution >= 4 is 0 Å². The molecular weight excluding hydrogens is 188 g/mol.